The van der Waals surface area contributed by atoms with E-state index >= 15 is 0 Å². The number of ether oxygens (including phenoxy) is 4. The summed E-state index contributed by atoms with van der Waals surface area (Å²) in [6.07, 6.45) is -0.510. The summed E-state index contributed by atoms with van der Waals surface area (Å²) in [5, 5.41) is 0. The first-order chi connectivity index (χ1) is 10.2. The lowest BCUT2D eigenvalue weighted by atomic mass is 10.1. The Balaban J connectivity index is 2.02. The third-order valence-corrected chi connectivity index (χ3v) is 3.47. The van der Waals surface area contributed by atoms with Gasteiger partial charge in [0.1, 0.15) is 0 Å². The third-order valence-electron chi connectivity index (χ3n) is 3.47. The van der Waals surface area contributed by atoms with Gasteiger partial charge in [0, 0.05) is 19.6 Å². The van der Waals surface area contributed by atoms with Gasteiger partial charge in [0.25, 0.3) is 0 Å². The summed E-state index contributed by atoms with van der Waals surface area (Å²) in [5.41, 5.74) is 1.10. The van der Waals surface area contributed by atoms with Crippen LogP contribution in [0.4, 0.5) is 0 Å². The fourth-order valence-corrected chi connectivity index (χ4v) is 2.36. The van der Waals surface area contributed by atoms with Crippen molar-refractivity contribution < 1.29 is 23.7 Å². The van der Waals surface area contributed by atoms with Crippen molar-refractivity contribution in [1.82, 2.24) is 4.90 Å². The SMILES string of the molecule is COC(=O)C1CN(Cc2ccc(OC)c(OC)c2)CCO1. The van der Waals surface area contributed by atoms with E-state index < -0.39 is 6.10 Å². The summed E-state index contributed by atoms with van der Waals surface area (Å²) < 4.78 is 20.7. The normalized spacial score (nSPS) is 19.1. The van der Waals surface area contributed by atoms with Crippen LogP contribution in [0, 0.1) is 0 Å². The zero-order valence-corrected chi connectivity index (χ0v) is 12.6. The van der Waals surface area contributed by atoms with Gasteiger partial charge in [0.15, 0.2) is 17.6 Å². The van der Waals surface area contributed by atoms with Gasteiger partial charge in [0.05, 0.1) is 27.9 Å². The van der Waals surface area contributed by atoms with E-state index in [0.29, 0.717) is 24.7 Å². The number of carbonyl (C=O) groups is 1. The lowest BCUT2D eigenvalue weighted by Gasteiger charge is -2.31. The highest BCUT2D eigenvalue weighted by Gasteiger charge is 2.27. The molecule has 0 N–H and O–H groups in total. The molecule has 1 saturated heterocycles. The lowest BCUT2D eigenvalue weighted by molar-refractivity contribution is -0.160. The van der Waals surface area contributed by atoms with Crippen LogP contribution in [0.5, 0.6) is 11.5 Å². The second kappa shape index (κ2) is 7.28. The minimum absolute atomic E-state index is 0.327. The quantitative estimate of drug-likeness (QED) is 0.758. The Hall–Kier alpha value is -1.79. The Bertz CT molecular complexity index is 491. The largest absolute Gasteiger partial charge is 0.493 e. The molecule has 1 fully saturated rings. The van der Waals surface area contributed by atoms with Gasteiger partial charge >= 0.3 is 5.97 Å². The molecule has 6 heteroatoms. The Labute approximate surface area is 124 Å². The number of rotatable bonds is 5. The molecule has 116 valence electrons. The maximum absolute atomic E-state index is 11.5. The second-order valence-electron chi connectivity index (χ2n) is 4.81. The topological polar surface area (TPSA) is 57.2 Å². The van der Waals surface area contributed by atoms with Crippen LogP contribution >= 0.6 is 0 Å². The third kappa shape index (κ3) is 3.86. The molecule has 21 heavy (non-hydrogen) atoms. The van der Waals surface area contributed by atoms with Gasteiger partial charge in [-0.3, -0.25) is 4.90 Å². The van der Waals surface area contributed by atoms with Crippen LogP contribution < -0.4 is 9.47 Å². The molecule has 0 spiro atoms. The number of morpholine rings is 1. The van der Waals surface area contributed by atoms with Crippen molar-refractivity contribution in [2.45, 2.75) is 12.6 Å². The molecule has 2 rings (SSSR count). The molecule has 1 aromatic carbocycles. The van der Waals surface area contributed by atoms with Gasteiger partial charge in [-0.2, -0.15) is 0 Å². The molecule has 0 radical (unpaired) electrons. The fourth-order valence-electron chi connectivity index (χ4n) is 2.36. The van der Waals surface area contributed by atoms with E-state index in [2.05, 4.69) is 4.90 Å². The molecule has 1 aromatic rings. The van der Waals surface area contributed by atoms with E-state index in [-0.39, 0.29) is 5.97 Å². The van der Waals surface area contributed by atoms with Gasteiger partial charge in [0.2, 0.25) is 0 Å². The molecule has 0 aliphatic carbocycles. The van der Waals surface area contributed by atoms with Gasteiger partial charge in [-0.05, 0) is 17.7 Å². The van der Waals surface area contributed by atoms with E-state index in [1.807, 2.05) is 18.2 Å². The summed E-state index contributed by atoms with van der Waals surface area (Å²) in [7, 11) is 4.60. The van der Waals surface area contributed by atoms with Crippen LogP contribution in [0.1, 0.15) is 5.56 Å². The highest BCUT2D eigenvalue weighted by Crippen LogP contribution is 2.28. The monoisotopic (exact) mass is 295 g/mol. The summed E-state index contributed by atoms with van der Waals surface area (Å²) >= 11 is 0. The van der Waals surface area contributed by atoms with E-state index in [4.69, 9.17) is 18.9 Å². The highest BCUT2D eigenvalue weighted by molar-refractivity contribution is 5.74. The number of benzene rings is 1. The maximum atomic E-state index is 11.5. The molecule has 0 aromatic heterocycles. The Morgan fingerprint density at radius 2 is 2.05 bits per heavy atom. The van der Waals surface area contributed by atoms with Crippen LogP contribution in [0.2, 0.25) is 0 Å². The molecule has 1 heterocycles. The first-order valence-electron chi connectivity index (χ1n) is 6.80. The molecular formula is C15H21NO5. The number of esters is 1. The van der Waals surface area contributed by atoms with Crippen molar-refractivity contribution >= 4 is 5.97 Å². The predicted molar refractivity (Wildman–Crippen MR) is 76.6 cm³/mol. The zero-order valence-electron chi connectivity index (χ0n) is 12.6. The van der Waals surface area contributed by atoms with Gasteiger partial charge in [-0.15, -0.1) is 0 Å². The highest BCUT2D eigenvalue weighted by atomic mass is 16.6. The number of nitrogens with zero attached hydrogens (tertiary/aromatic N) is 1. The molecule has 1 unspecified atom stereocenters. The molecule has 0 amide bonds. The summed E-state index contributed by atoms with van der Waals surface area (Å²) in [5.74, 6) is 1.08. The van der Waals surface area contributed by atoms with E-state index in [0.717, 1.165) is 18.7 Å². The van der Waals surface area contributed by atoms with E-state index in [1.54, 1.807) is 14.2 Å². The Kier molecular flexibility index (Phi) is 5.41. The summed E-state index contributed by atoms with van der Waals surface area (Å²) in [6, 6.07) is 5.82. The molecule has 1 atom stereocenters. The van der Waals surface area contributed by atoms with Crippen LogP contribution in [0.25, 0.3) is 0 Å². The average Bonchev–Trinajstić information content (AvgIpc) is 2.54. The fraction of sp³-hybridized carbons (Fsp3) is 0.533. The van der Waals surface area contributed by atoms with Crippen molar-refractivity contribution in [3.05, 3.63) is 23.8 Å². The predicted octanol–water partition coefficient (Wildman–Crippen LogP) is 1.08. The van der Waals surface area contributed by atoms with Crippen LogP contribution in [0.3, 0.4) is 0 Å². The summed E-state index contributed by atoms with van der Waals surface area (Å²) in [4.78, 5) is 13.7. The molecule has 1 aliphatic rings. The molecule has 1 aliphatic heterocycles. The number of hydrogen-bond acceptors (Lipinski definition) is 6. The second-order valence-corrected chi connectivity index (χ2v) is 4.81. The Morgan fingerprint density at radius 1 is 1.29 bits per heavy atom. The minimum Gasteiger partial charge on any atom is -0.493 e. The van der Waals surface area contributed by atoms with Crippen molar-refractivity contribution in [2.75, 3.05) is 41.0 Å². The average molecular weight is 295 g/mol. The lowest BCUT2D eigenvalue weighted by Crippen LogP contribution is -2.46. The van der Waals surface area contributed by atoms with Crippen molar-refractivity contribution in [3.63, 3.8) is 0 Å². The van der Waals surface area contributed by atoms with Crippen molar-refractivity contribution in [1.29, 1.82) is 0 Å². The van der Waals surface area contributed by atoms with Gasteiger partial charge in [-0.1, -0.05) is 6.07 Å². The number of methoxy groups -OCH3 is 3. The molecule has 6 nitrogen and oxygen atoms in total. The minimum atomic E-state index is -0.510. The van der Waals surface area contributed by atoms with Gasteiger partial charge in [-0.25, -0.2) is 4.79 Å². The molecule has 0 saturated carbocycles. The first kappa shape index (κ1) is 15.6. The maximum Gasteiger partial charge on any atom is 0.336 e. The van der Waals surface area contributed by atoms with Crippen LogP contribution in [-0.4, -0.2) is 58.0 Å². The standard InChI is InChI=1S/C15H21NO5/c1-18-12-5-4-11(8-13(12)19-2)9-16-6-7-21-14(10-16)15(17)20-3/h4-5,8,14H,6-7,9-10H2,1-3H3. The first-order valence-corrected chi connectivity index (χ1v) is 6.80. The number of carbonyl (C=O) groups excluding carboxylic acids is 1. The smallest absolute Gasteiger partial charge is 0.336 e. The van der Waals surface area contributed by atoms with E-state index in [9.17, 15) is 4.79 Å². The Morgan fingerprint density at radius 3 is 2.71 bits per heavy atom. The van der Waals surface area contributed by atoms with Crippen molar-refractivity contribution in [2.24, 2.45) is 0 Å². The number of hydrogen-bond donors (Lipinski definition) is 0. The van der Waals surface area contributed by atoms with E-state index in [1.165, 1.54) is 7.11 Å². The van der Waals surface area contributed by atoms with Crippen LogP contribution in [0.15, 0.2) is 18.2 Å². The molecule has 0 bridgehead atoms. The van der Waals surface area contributed by atoms with Crippen molar-refractivity contribution in [3.8, 4) is 11.5 Å². The summed E-state index contributed by atoms with van der Waals surface area (Å²) in [6.45, 7) is 2.55. The van der Waals surface area contributed by atoms with Crippen LogP contribution in [-0.2, 0) is 20.8 Å². The van der Waals surface area contributed by atoms with Gasteiger partial charge < -0.3 is 18.9 Å². The zero-order chi connectivity index (χ0) is 15.2. The molecular weight excluding hydrogens is 274 g/mol.